The molecule has 9 heteroatoms. The van der Waals surface area contributed by atoms with Gasteiger partial charge in [-0.3, -0.25) is 4.90 Å². The van der Waals surface area contributed by atoms with Gasteiger partial charge in [-0.15, -0.1) is 11.3 Å². The van der Waals surface area contributed by atoms with Crippen LogP contribution in [0, 0.1) is 0 Å². The maximum atomic E-state index is 5.47. The number of ether oxygens (including phenoxy) is 2. The molecular weight excluding hydrogens is 400 g/mol. The average Bonchev–Trinajstić information content (AvgIpc) is 3.34. The van der Waals surface area contributed by atoms with Gasteiger partial charge in [-0.05, 0) is 19.1 Å². The summed E-state index contributed by atoms with van der Waals surface area (Å²) in [5, 5.41) is 6.53. The molecule has 3 aromatic rings. The predicted molar refractivity (Wildman–Crippen MR) is 119 cm³/mol. The molecule has 0 saturated carbocycles. The zero-order valence-electron chi connectivity index (χ0n) is 17.4. The summed E-state index contributed by atoms with van der Waals surface area (Å²) in [6.07, 6.45) is 3.47. The molecular formula is C21H26N6O2S. The Morgan fingerprint density at radius 3 is 2.57 bits per heavy atom. The molecule has 1 fully saturated rings. The van der Waals surface area contributed by atoms with E-state index in [1.165, 1.54) is 5.01 Å². The minimum Gasteiger partial charge on any atom is -0.497 e. The molecule has 1 N–H and O–H groups in total. The van der Waals surface area contributed by atoms with Gasteiger partial charge in [0.05, 0.1) is 25.9 Å². The molecule has 8 nitrogen and oxygen atoms in total. The van der Waals surface area contributed by atoms with Gasteiger partial charge in [0, 0.05) is 49.9 Å². The molecule has 1 aliphatic heterocycles. The smallest absolute Gasteiger partial charge is 0.146 e. The zero-order chi connectivity index (χ0) is 20.9. The second-order valence-electron chi connectivity index (χ2n) is 7.02. The number of benzene rings is 1. The largest absolute Gasteiger partial charge is 0.497 e. The summed E-state index contributed by atoms with van der Waals surface area (Å²) in [7, 11) is 3.27. The van der Waals surface area contributed by atoms with Crippen LogP contribution in [0.15, 0.2) is 42.2 Å². The monoisotopic (exact) mass is 426 g/mol. The molecule has 1 aromatic carbocycles. The predicted octanol–water partition coefficient (Wildman–Crippen LogP) is 3.58. The number of aromatic nitrogens is 3. The van der Waals surface area contributed by atoms with E-state index in [4.69, 9.17) is 9.47 Å². The second kappa shape index (κ2) is 9.27. The van der Waals surface area contributed by atoms with Crippen molar-refractivity contribution in [3.63, 3.8) is 0 Å². The lowest BCUT2D eigenvalue weighted by Crippen LogP contribution is -2.47. The van der Waals surface area contributed by atoms with Crippen molar-refractivity contribution >= 4 is 28.7 Å². The van der Waals surface area contributed by atoms with Crippen LogP contribution in [0.2, 0.25) is 0 Å². The van der Waals surface area contributed by atoms with Crippen LogP contribution in [-0.4, -0.2) is 60.3 Å². The fraction of sp³-hybridized carbons (Fsp3) is 0.381. The van der Waals surface area contributed by atoms with E-state index < -0.39 is 0 Å². The summed E-state index contributed by atoms with van der Waals surface area (Å²) in [6.45, 7) is 6.00. The summed E-state index contributed by atoms with van der Waals surface area (Å²) in [6, 6.07) is 7.96. The minimum atomic E-state index is 0.345. The number of hydrogen-bond donors (Lipinski definition) is 1. The average molecular weight is 427 g/mol. The molecule has 1 unspecified atom stereocenters. The standard InChI is InChI=1S/C21H26N6O2S/c1-15(21-22-6-11-30-21)26-7-9-27(10-8-26)20-13-19(23-14-24-20)25-17-5-4-16(28-2)12-18(17)29-3/h4-6,11-15H,7-10H2,1-3H3,(H,23,24,25). The van der Waals surface area contributed by atoms with Crippen molar-refractivity contribution in [1.82, 2.24) is 19.9 Å². The molecule has 1 atom stereocenters. The van der Waals surface area contributed by atoms with Crippen LogP contribution in [0.25, 0.3) is 0 Å². The van der Waals surface area contributed by atoms with E-state index in [-0.39, 0.29) is 0 Å². The van der Waals surface area contributed by atoms with Crippen molar-refractivity contribution in [3.8, 4) is 11.5 Å². The Kier molecular flexibility index (Phi) is 6.29. The highest BCUT2D eigenvalue weighted by Gasteiger charge is 2.24. The van der Waals surface area contributed by atoms with Gasteiger partial charge in [0.2, 0.25) is 0 Å². The van der Waals surface area contributed by atoms with Gasteiger partial charge in [0.25, 0.3) is 0 Å². The fourth-order valence-corrected chi connectivity index (χ4v) is 4.29. The number of nitrogens with one attached hydrogen (secondary N) is 1. The van der Waals surface area contributed by atoms with Gasteiger partial charge in [-0.2, -0.15) is 0 Å². The quantitative estimate of drug-likeness (QED) is 0.614. The number of hydrogen-bond acceptors (Lipinski definition) is 9. The summed E-state index contributed by atoms with van der Waals surface area (Å²) < 4.78 is 10.7. The molecule has 0 spiro atoms. The molecule has 0 aliphatic carbocycles. The third kappa shape index (κ3) is 4.47. The van der Waals surface area contributed by atoms with Crippen LogP contribution in [0.4, 0.5) is 17.3 Å². The molecule has 0 bridgehead atoms. The van der Waals surface area contributed by atoms with Gasteiger partial charge in [-0.1, -0.05) is 0 Å². The van der Waals surface area contributed by atoms with Crippen LogP contribution < -0.4 is 19.7 Å². The number of piperazine rings is 1. The van der Waals surface area contributed by atoms with Crippen molar-refractivity contribution in [3.05, 3.63) is 47.2 Å². The Bertz CT molecular complexity index is 960. The van der Waals surface area contributed by atoms with Crippen molar-refractivity contribution in [1.29, 1.82) is 0 Å². The summed E-state index contributed by atoms with van der Waals surface area (Å²) in [5.41, 5.74) is 0.824. The normalized spacial score (nSPS) is 15.6. The van der Waals surface area contributed by atoms with E-state index in [0.29, 0.717) is 11.8 Å². The number of methoxy groups -OCH3 is 2. The highest BCUT2D eigenvalue weighted by atomic mass is 32.1. The molecule has 0 amide bonds. The number of rotatable bonds is 7. The first kappa shape index (κ1) is 20.4. The Hall–Kier alpha value is -2.91. The Balaban J connectivity index is 1.42. The third-order valence-electron chi connectivity index (χ3n) is 5.32. The van der Waals surface area contributed by atoms with Crippen molar-refractivity contribution in [2.45, 2.75) is 13.0 Å². The summed E-state index contributed by atoms with van der Waals surface area (Å²) in [5.74, 6) is 3.08. The van der Waals surface area contributed by atoms with Crippen LogP contribution in [0.5, 0.6) is 11.5 Å². The van der Waals surface area contributed by atoms with E-state index in [2.05, 4.69) is 37.0 Å². The maximum absolute atomic E-state index is 5.47. The van der Waals surface area contributed by atoms with Gasteiger partial charge < -0.3 is 19.7 Å². The van der Waals surface area contributed by atoms with E-state index >= 15 is 0 Å². The molecule has 158 valence electrons. The summed E-state index contributed by atoms with van der Waals surface area (Å²) >= 11 is 1.72. The van der Waals surface area contributed by atoms with Crippen molar-refractivity contribution in [2.75, 3.05) is 50.6 Å². The molecule has 2 aromatic heterocycles. The van der Waals surface area contributed by atoms with E-state index in [0.717, 1.165) is 49.3 Å². The number of thiazole rings is 1. The Morgan fingerprint density at radius 2 is 1.87 bits per heavy atom. The lowest BCUT2D eigenvalue weighted by Gasteiger charge is -2.37. The zero-order valence-corrected chi connectivity index (χ0v) is 18.2. The van der Waals surface area contributed by atoms with Crippen LogP contribution in [-0.2, 0) is 0 Å². The topological polar surface area (TPSA) is 75.6 Å². The van der Waals surface area contributed by atoms with Crippen LogP contribution in [0.3, 0.4) is 0 Å². The van der Waals surface area contributed by atoms with Gasteiger partial charge in [-0.25, -0.2) is 15.0 Å². The molecule has 30 heavy (non-hydrogen) atoms. The van der Waals surface area contributed by atoms with E-state index in [1.54, 1.807) is 31.9 Å². The van der Waals surface area contributed by atoms with E-state index in [1.807, 2.05) is 35.8 Å². The maximum Gasteiger partial charge on any atom is 0.146 e. The molecule has 1 saturated heterocycles. The van der Waals surface area contributed by atoms with Crippen LogP contribution >= 0.6 is 11.3 Å². The minimum absolute atomic E-state index is 0.345. The second-order valence-corrected chi connectivity index (χ2v) is 7.95. The Labute approximate surface area is 180 Å². The third-order valence-corrected chi connectivity index (χ3v) is 6.26. The fourth-order valence-electron chi connectivity index (χ4n) is 3.56. The summed E-state index contributed by atoms with van der Waals surface area (Å²) in [4.78, 5) is 18.1. The first-order valence-electron chi connectivity index (χ1n) is 9.87. The molecule has 3 heterocycles. The molecule has 1 aliphatic rings. The molecule has 4 rings (SSSR count). The van der Waals surface area contributed by atoms with Crippen LogP contribution in [0.1, 0.15) is 18.0 Å². The first-order valence-corrected chi connectivity index (χ1v) is 10.8. The highest BCUT2D eigenvalue weighted by Crippen LogP contribution is 2.31. The van der Waals surface area contributed by atoms with Crippen molar-refractivity contribution in [2.24, 2.45) is 0 Å². The van der Waals surface area contributed by atoms with Gasteiger partial charge in [0.1, 0.15) is 34.5 Å². The lowest BCUT2D eigenvalue weighted by molar-refractivity contribution is 0.198. The first-order chi connectivity index (χ1) is 14.7. The number of nitrogens with zero attached hydrogens (tertiary/aromatic N) is 5. The highest BCUT2D eigenvalue weighted by molar-refractivity contribution is 7.09. The SMILES string of the molecule is COc1ccc(Nc2cc(N3CCN(C(C)c4nccs4)CC3)ncn2)c(OC)c1. The van der Waals surface area contributed by atoms with Gasteiger partial charge >= 0.3 is 0 Å². The molecule has 0 radical (unpaired) electrons. The Morgan fingerprint density at radius 1 is 1.03 bits per heavy atom. The van der Waals surface area contributed by atoms with Gasteiger partial charge in [0.15, 0.2) is 0 Å². The van der Waals surface area contributed by atoms with Crippen molar-refractivity contribution < 1.29 is 9.47 Å². The lowest BCUT2D eigenvalue weighted by atomic mass is 10.2. The van der Waals surface area contributed by atoms with E-state index in [9.17, 15) is 0 Å². The number of anilines is 3.